The van der Waals surface area contributed by atoms with Crippen LogP contribution in [0.15, 0.2) is 47.2 Å². The Bertz CT molecular complexity index is 597. The normalized spacial score (nSPS) is 17.7. The molecule has 0 aliphatic carbocycles. The fourth-order valence-corrected chi connectivity index (χ4v) is 3.72. The molecule has 3 nitrogen and oxygen atoms in total. The summed E-state index contributed by atoms with van der Waals surface area (Å²) in [7, 11) is 1.93. The monoisotopic (exact) mass is 314 g/mol. The second kappa shape index (κ2) is 6.97. The maximum absolute atomic E-state index is 12.3. The molecule has 1 saturated heterocycles. The summed E-state index contributed by atoms with van der Waals surface area (Å²) in [6.45, 7) is 2.98. The van der Waals surface area contributed by atoms with Crippen LogP contribution in [0.4, 0.5) is 5.69 Å². The van der Waals surface area contributed by atoms with E-state index in [1.807, 2.05) is 29.5 Å². The molecule has 22 heavy (non-hydrogen) atoms. The van der Waals surface area contributed by atoms with Gasteiger partial charge in [0.15, 0.2) is 0 Å². The Kier molecular flexibility index (Phi) is 4.78. The summed E-state index contributed by atoms with van der Waals surface area (Å²) in [5.41, 5.74) is 2.41. The second-order valence-corrected chi connectivity index (χ2v) is 6.80. The van der Waals surface area contributed by atoms with Gasteiger partial charge in [-0.05, 0) is 46.9 Å². The van der Waals surface area contributed by atoms with Crippen molar-refractivity contribution in [3.05, 3.63) is 52.7 Å². The van der Waals surface area contributed by atoms with Gasteiger partial charge in [0.1, 0.15) is 0 Å². The van der Waals surface area contributed by atoms with Gasteiger partial charge in [0.05, 0.1) is 6.42 Å². The van der Waals surface area contributed by atoms with Crippen molar-refractivity contribution in [1.82, 2.24) is 4.90 Å². The molecule has 1 aromatic carbocycles. The number of para-hydroxylation sites is 1. The van der Waals surface area contributed by atoms with Gasteiger partial charge in [0.25, 0.3) is 0 Å². The van der Waals surface area contributed by atoms with Gasteiger partial charge in [0.2, 0.25) is 5.91 Å². The molecule has 1 aliphatic heterocycles. The average molecular weight is 314 g/mol. The zero-order valence-electron chi connectivity index (χ0n) is 12.9. The van der Waals surface area contributed by atoms with E-state index in [0.29, 0.717) is 12.3 Å². The zero-order chi connectivity index (χ0) is 15.4. The molecular formula is C18H22N2OS. The summed E-state index contributed by atoms with van der Waals surface area (Å²) in [5.74, 6) is 0.785. The van der Waals surface area contributed by atoms with Crippen molar-refractivity contribution in [1.29, 1.82) is 0 Å². The van der Waals surface area contributed by atoms with Crippen LogP contribution in [-0.2, 0) is 11.2 Å². The number of thiophene rings is 1. The first-order valence-corrected chi connectivity index (χ1v) is 8.71. The van der Waals surface area contributed by atoms with Crippen LogP contribution in [0.1, 0.15) is 12.0 Å². The van der Waals surface area contributed by atoms with Crippen LogP contribution in [-0.4, -0.2) is 37.5 Å². The Hall–Kier alpha value is -1.81. The van der Waals surface area contributed by atoms with Crippen LogP contribution < -0.4 is 4.90 Å². The molecule has 4 heteroatoms. The number of likely N-dealkylation sites (N-methyl/N-ethyl adjacent to an activating group) is 1. The maximum atomic E-state index is 12.3. The summed E-state index contributed by atoms with van der Waals surface area (Å²) in [5, 5.41) is 4.08. The van der Waals surface area contributed by atoms with E-state index in [1.165, 1.54) is 5.69 Å². The Morgan fingerprint density at radius 2 is 2.14 bits per heavy atom. The van der Waals surface area contributed by atoms with Crippen LogP contribution in [0.2, 0.25) is 0 Å². The molecule has 3 rings (SSSR count). The summed E-state index contributed by atoms with van der Waals surface area (Å²) in [6, 6.07) is 12.6. The van der Waals surface area contributed by atoms with Crippen molar-refractivity contribution in [3.63, 3.8) is 0 Å². The van der Waals surface area contributed by atoms with Gasteiger partial charge in [0, 0.05) is 32.4 Å². The fraction of sp³-hybridized carbons (Fsp3) is 0.389. The molecule has 1 aromatic heterocycles. The summed E-state index contributed by atoms with van der Waals surface area (Å²) in [4.78, 5) is 16.6. The highest BCUT2D eigenvalue weighted by Gasteiger charge is 2.25. The summed E-state index contributed by atoms with van der Waals surface area (Å²) < 4.78 is 0. The lowest BCUT2D eigenvalue weighted by Crippen LogP contribution is -2.34. The van der Waals surface area contributed by atoms with Crippen molar-refractivity contribution in [2.45, 2.75) is 12.8 Å². The van der Waals surface area contributed by atoms with Gasteiger partial charge < -0.3 is 9.80 Å². The van der Waals surface area contributed by atoms with Gasteiger partial charge in [-0.25, -0.2) is 0 Å². The van der Waals surface area contributed by atoms with Gasteiger partial charge >= 0.3 is 0 Å². The number of hydrogen-bond donors (Lipinski definition) is 0. The number of anilines is 1. The number of carbonyl (C=O) groups is 1. The molecule has 1 amide bonds. The van der Waals surface area contributed by atoms with Crippen LogP contribution in [0.25, 0.3) is 0 Å². The molecule has 2 aromatic rings. The third-order valence-corrected chi connectivity index (χ3v) is 5.03. The second-order valence-electron chi connectivity index (χ2n) is 6.02. The molecule has 0 saturated carbocycles. The highest BCUT2D eigenvalue weighted by molar-refractivity contribution is 7.07. The quantitative estimate of drug-likeness (QED) is 0.845. The van der Waals surface area contributed by atoms with E-state index in [9.17, 15) is 4.79 Å². The molecule has 2 heterocycles. The first-order chi connectivity index (χ1) is 10.7. The maximum Gasteiger partial charge on any atom is 0.226 e. The van der Waals surface area contributed by atoms with E-state index in [-0.39, 0.29) is 5.91 Å². The Labute approximate surface area is 136 Å². The molecule has 1 atom stereocenters. The molecule has 1 fully saturated rings. The third kappa shape index (κ3) is 3.69. The largest absolute Gasteiger partial charge is 0.371 e. The Morgan fingerprint density at radius 3 is 2.86 bits per heavy atom. The molecule has 116 valence electrons. The van der Waals surface area contributed by atoms with Crippen molar-refractivity contribution < 1.29 is 4.79 Å². The molecule has 0 radical (unpaired) electrons. The molecule has 0 unspecified atom stereocenters. The van der Waals surface area contributed by atoms with Gasteiger partial charge in [-0.15, -0.1) is 0 Å². The predicted molar refractivity (Wildman–Crippen MR) is 92.4 cm³/mol. The molecule has 1 aliphatic rings. The van der Waals surface area contributed by atoms with Gasteiger partial charge in [-0.2, -0.15) is 11.3 Å². The number of benzene rings is 1. The third-order valence-electron chi connectivity index (χ3n) is 4.30. The molecule has 0 spiro atoms. The van der Waals surface area contributed by atoms with Gasteiger partial charge in [-0.1, -0.05) is 18.2 Å². The summed E-state index contributed by atoms with van der Waals surface area (Å²) >= 11 is 1.65. The number of hydrogen-bond acceptors (Lipinski definition) is 3. The predicted octanol–water partition coefficient (Wildman–Crippen LogP) is 3.28. The lowest BCUT2D eigenvalue weighted by atomic mass is 10.1. The molecular weight excluding hydrogens is 292 g/mol. The minimum absolute atomic E-state index is 0.219. The fourth-order valence-electron chi connectivity index (χ4n) is 3.05. The summed E-state index contributed by atoms with van der Waals surface area (Å²) in [6.07, 6.45) is 1.68. The lowest BCUT2D eigenvalue weighted by Gasteiger charge is -2.22. The van der Waals surface area contributed by atoms with E-state index in [2.05, 4.69) is 34.5 Å². The van der Waals surface area contributed by atoms with E-state index in [0.717, 1.165) is 31.6 Å². The molecule has 0 bridgehead atoms. The van der Waals surface area contributed by atoms with Crippen molar-refractivity contribution in [2.75, 3.05) is 31.6 Å². The van der Waals surface area contributed by atoms with Crippen molar-refractivity contribution in [3.8, 4) is 0 Å². The zero-order valence-corrected chi connectivity index (χ0v) is 13.8. The van der Waals surface area contributed by atoms with Crippen molar-refractivity contribution in [2.24, 2.45) is 5.92 Å². The van der Waals surface area contributed by atoms with E-state index < -0.39 is 0 Å². The Balaban J connectivity index is 1.50. The van der Waals surface area contributed by atoms with Crippen LogP contribution in [0.3, 0.4) is 0 Å². The Morgan fingerprint density at radius 1 is 1.32 bits per heavy atom. The minimum Gasteiger partial charge on any atom is -0.371 e. The first-order valence-electron chi connectivity index (χ1n) is 7.77. The first kappa shape index (κ1) is 15.1. The highest BCUT2D eigenvalue weighted by Crippen LogP contribution is 2.24. The lowest BCUT2D eigenvalue weighted by molar-refractivity contribution is -0.129. The number of carbonyl (C=O) groups excluding carboxylic acids is 1. The number of rotatable bonds is 5. The van der Waals surface area contributed by atoms with E-state index >= 15 is 0 Å². The van der Waals surface area contributed by atoms with Crippen LogP contribution >= 0.6 is 11.3 Å². The van der Waals surface area contributed by atoms with Crippen LogP contribution in [0.5, 0.6) is 0 Å². The average Bonchev–Trinajstić information content (AvgIpc) is 3.20. The van der Waals surface area contributed by atoms with E-state index in [1.54, 1.807) is 11.3 Å². The van der Waals surface area contributed by atoms with Crippen molar-refractivity contribution >= 4 is 22.9 Å². The topological polar surface area (TPSA) is 23.6 Å². The standard InChI is InChI=1S/C18H22N2OS/c1-19(18(21)11-15-8-10-22-14-15)12-16-7-9-20(13-16)17-5-3-2-4-6-17/h2-6,8,10,14,16H,7,9,11-13H2,1H3/t16-/m0/s1. The highest BCUT2D eigenvalue weighted by atomic mass is 32.1. The molecule has 0 N–H and O–H groups in total. The number of amides is 1. The SMILES string of the molecule is CN(C[C@@H]1CCN(c2ccccc2)C1)C(=O)Cc1ccsc1. The number of nitrogens with zero attached hydrogens (tertiary/aromatic N) is 2. The minimum atomic E-state index is 0.219. The smallest absolute Gasteiger partial charge is 0.226 e. The van der Waals surface area contributed by atoms with E-state index in [4.69, 9.17) is 0 Å². The van der Waals surface area contributed by atoms with Crippen LogP contribution in [0, 0.1) is 5.92 Å². The van der Waals surface area contributed by atoms with Gasteiger partial charge in [-0.3, -0.25) is 4.79 Å².